The van der Waals surface area contributed by atoms with Gasteiger partial charge in [0, 0.05) is 5.39 Å². The first kappa shape index (κ1) is 16.1. The minimum atomic E-state index is -0.104. The molecular formula is C19H19N5O2. The predicted molar refractivity (Wildman–Crippen MR) is 101 cm³/mol. The second-order valence-electron chi connectivity index (χ2n) is 5.95. The lowest BCUT2D eigenvalue weighted by Crippen LogP contribution is -2.08. The van der Waals surface area contributed by atoms with Crippen LogP contribution < -0.4 is 15.8 Å². The molecule has 1 aromatic carbocycles. The number of ether oxygens (including phenoxy) is 1. The zero-order chi connectivity index (χ0) is 18.1. The summed E-state index contributed by atoms with van der Waals surface area (Å²) in [4.78, 5) is 12.7. The number of furan rings is 1. The maximum absolute atomic E-state index is 6.05. The Bertz CT molecular complexity index is 1080. The number of fused-ring (bicyclic) bond motifs is 2. The fourth-order valence-electron chi connectivity index (χ4n) is 2.89. The summed E-state index contributed by atoms with van der Waals surface area (Å²) in [5.41, 5.74) is 7.03. The number of nitrogens with one attached hydrogen (secondary N) is 1. The highest BCUT2D eigenvalue weighted by molar-refractivity contribution is 5.87. The molecule has 3 N–H and O–H groups in total. The van der Waals surface area contributed by atoms with Crippen LogP contribution in [-0.4, -0.2) is 21.6 Å². The van der Waals surface area contributed by atoms with Crippen molar-refractivity contribution in [1.82, 2.24) is 15.0 Å². The average Bonchev–Trinajstić information content (AvgIpc) is 3.07. The number of hydrogen-bond donors (Lipinski definition) is 2. The van der Waals surface area contributed by atoms with E-state index in [1.165, 1.54) is 6.33 Å². The molecule has 1 unspecified atom stereocenters. The second kappa shape index (κ2) is 6.51. The lowest BCUT2D eigenvalue weighted by Gasteiger charge is -2.13. The zero-order valence-corrected chi connectivity index (χ0v) is 14.6. The number of rotatable bonds is 5. The monoisotopic (exact) mass is 349 g/mol. The molecule has 0 saturated carbocycles. The lowest BCUT2D eigenvalue weighted by molar-refractivity contribution is 0.337. The SMILES string of the molecule is CCOc1cccc2cc(C(C)Nc3ncnc4nc(N)ccc34)oc12. The van der Waals surface area contributed by atoms with Crippen LogP contribution in [0.25, 0.3) is 22.0 Å². The highest BCUT2D eigenvalue weighted by Crippen LogP contribution is 2.32. The van der Waals surface area contributed by atoms with Gasteiger partial charge in [-0.3, -0.25) is 0 Å². The smallest absolute Gasteiger partial charge is 0.176 e. The van der Waals surface area contributed by atoms with Gasteiger partial charge in [-0.1, -0.05) is 12.1 Å². The number of benzene rings is 1. The van der Waals surface area contributed by atoms with E-state index in [0.717, 1.165) is 27.9 Å². The summed E-state index contributed by atoms with van der Waals surface area (Å²) < 4.78 is 11.7. The summed E-state index contributed by atoms with van der Waals surface area (Å²) in [7, 11) is 0. The van der Waals surface area contributed by atoms with Crippen molar-refractivity contribution in [2.24, 2.45) is 0 Å². The molecule has 4 aromatic rings. The van der Waals surface area contributed by atoms with Gasteiger partial charge >= 0.3 is 0 Å². The van der Waals surface area contributed by atoms with E-state index < -0.39 is 0 Å². The number of anilines is 2. The average molecular weight is 349 g/mol. The Balaban J connectivity index is 1.67. The molecule has 26 heavy (non-hydrogen) atoms. The molecule has 3 aromatic heterocycles. The van der Waals surface area contributed by atoms with Crippen molar-refractivity contribution >= 4 is 33.6 Å². The molecule has 0 aliphatic rings. The number of nitrogens with zero attached hydrogens (tertiary/aromatic N) is 3. The van der Waals surface area contributed by atoms with E-state index in [4.69, 9.17) is 14.9 Å². The standard InChI is InChI=1S/C19H19N5O2/c1-3-25-14-6-4-5-12-9-15(26-17(12)14)11(2)23-18-13-7-8-16(20)24-19(13)22-10-21-18/h4-11H,3H2,1-2H3,(H3,20,21,22,23,24). The summed E-state index contributed by atoms with van der Waals surface area (Å²) >= 11 is 0. The van der Waals surface area contributed by atoms with E-state index in [2.05, 4.69) is 20.3 Å². The van der Waals surface area contributed by atoms with E-state index in [9.17, 15) is 0 Å². The van der Waals surface area contributed by atoms with Crippen LogP contribution in [0, 0.1) is 0 Å². The zero-order valence-electron chi connectivity index (χ0n) is 14.6. The van der Waals surface area contributed by atoms with Crippen LogP contribution in [-0.2, 0) is 0 Å². The second-order valence-corrected chi connectivity index (χ2v) is 5.95. The van der Waals surface area contributed by atoms with Gasteiger partial charge in [-0.15, -0.1) is 0 Å². The number of hydrogen-bond acceptors (Lipinski definition) is 7. The van der Waals surface area contributed by atoms with Gasteiger partial charge < -0.3 is 20.2 Å². The maximum atomic E-state index is 6.05. The molecule has 0 spiro atoms. The molecule has 3 heterocycles. The van der Waals surface area contributed by atoms with Crippen LogP contribution in [0.3, 0.4) is 0 Å². The van der Waals surface area contributed by atoms with Crippen molar-refractivity contribution in [2.45, 2.75) is 19.9 Å². The van der Waals surface area contributed by atoms with Crippen molar-refractivity contribution in [3.63, 3.8) is 0 Å². The number of para-hydroxylation sites is 1. The molecule has 0 radical (unpaired) electrons. The third kappa shape index (κ3) is 2.88. The van der Waals surface area contributed by atoms with Gasteiger partial charge in [0.1, 0.15) is 23.7 Å². The summed E-state index contributed by atoms with van der Waals surface area (Å²) in [6.07, 6.45) is 1.47. The first-order valence-corrected chi connectivity index (χ1v) is 8.44. The van der Waals surface area contributed by atoms with Gasteiger partial charge in [0.05, 0.1) is 18.0 Å². The molecule has 0 amide bonds. The molecular weight excluding hydrogens is 330 g/mol. The molecule has 0 aliphatic heterocycles. The van der Waals surface area contributed by atoms with Crippen LogP contribution in [0.4, 0.5) is 11.6 Å². The molecule has 0 fully saturated rings. The van der Waals surface area contributed by atoms with Crippen LogP contribution in [0.5, 0.6) is 5.75 Å². The number of pyridine rings is 1. The van der Waals surface area contributed by atoms with E-state index in [1.54, 1.807) is 6.07 Å². The Kier molecular flexibility index (Phi) is 4.04. The molecule has 4 rings (SSSR count). The fraction of sp³-hybridized carbons (Fsp3) is 0.211. The van der Waals surface area contributed by atoms with Crippen molar-refractivity contribution < 1.29 is 9.15 Å². The van der Waals surface area contributed by atoms with Gasteiger partial charge in [0.25, 0.3) is 0 Å². The van der Waals surface area contributed by atoms with Crippen LogP contribution in [0.1, 0.15) is 25.6 Å². The van der Waals surface area contributed by atoms with Gasteiger partial charge in [-0.05, 0) is 38.1 Å². The summed E-state index contributed by atoms with van der Waals surface area (Å²) in [5, 5.41) is 5.17. The molecule has 0 bridgehead atoms. The quantitative estimate of drug-likeness (QED) is 0.563. The van der Waals surface area contributed by atoms with Crippen molar-refractivity contribution in [3.05, 3.63) is 48.5 Å². The molecule has 0 saturated heterocycles. The van der Waals surface area contributed by atoms with Crippen molar-refractivity contribution in [2.75, 3.05) is 17.7 Å². The highest BCUT2D eigenvalue weighted by Gasteiger charge is 2.16. The summed E-state index contributed by atoms with van der Waals surface area (Å²) in [5.74, 6) is 2.65. The first-order chi connectivity index (χ1) is 12.7. The van der Waals surface area contributed by atoms with Gasteiger partial charge in [0.2, 0.25) is 0 Å². The molecule has 0 aliphatic carbocycles. The summed E-state index contributed by atoms with van der Waals surface area (Å²) in [6.45, 7) is 4.55. The number of nitrogen functional groups attached to an aromatic ring is 1. The maximum Gasteiger partial charge on any atom is 0.176 e. The third-order valence-corrected chi connectivity index (χ3v) is 4.13. The van der Waals surface area contributed by atoms with E-state index in [1.807, 2.05) is 44.2 Å². The van der Waals surface area contributed by atoms with Crippen molar-refractivity contribution in [1.29, 1.82) is 0 Å². The van der Waals surface area contributed by atoms with Crippen LogP contribution in [0.15, 0.2) is 47.1 Å². The third-order valence-electron chi connectivity index (χ3n) is 4.13. The van der Waals surface area contributed by atoms with Crippen molar-refractivity contribution in [3.8, 4) is 5.75 Å². The Morgan fingerprint density at radius 3 is 2.96 bits per heavy atom. The minimum Gasteiger partial charge on any atom is -0.490 e. The van der Waals surface area contributed by atoms with E-state index >= 15 is 0 Å². The van der Waals surface area contributed by atoms with Gasteiger partial charge in [0.15, 0.2) is 17.0 Å². The number of nitrogens with two attached hydrogens (primary N) is 1. The summed E-state index contributed by atoms with van der Waals surface area (Å²) in [6, 6.07) is 11.4. The Labute approximate surface area is 150 Å². The Morgan fingerprint density at radius 2 is 2.12 bits per heavy atom. The van der Waals surface area contributed by atoms with Gasteiger partial charge in [-0.25, -0.2) is 15.0 Å². The van der Waals surface area contributed by atoms with Gasteiger partial charge in [-0.2, -0.15) is 0 Å². The van der Waals surface area contributed by atoms with E-state index in [-0.39, 0.29) is 6.04 Å². The Morgan fingerprint density at radius 1 is 1.23 bits per heavy atom. The minimum absolute atomic E-state index is 0.104. The molecule has 7 heteroatoms. The lowest BCUT2D eigenvalue weighted by atomic mass is 10.2. The highest BCUT2D eigenvalue weighted by atomic mass is 16.5. The topological polar surface area (TPSA) is 99.1 Å². The van der Waals surface area contributed by atoms with Crippen LogP contribution in [0.2, 0.25) is 0 Å². The number of aromatic nitrogens is 3. The largest absolute Gasteiger partial charge is 0.490 e. The molecule has 132 valence electrons. The first-order valence-electron chi connectivity index (χ1n) is 8.44. The normalized spacial score (nSPS) is 12.4. The molecule has 1 atom stereocenters. The van der Waals surface area contributed by atoms with Crippen LogP contribution >= 0.6 is 0 Å². The Hall–Kier alpha value is -3.35. The molecule has 7 nitrogen and oxygen atoms in total. The van der Waals surface area contributed by atoms with E-state index in [0.29, 0.717) is 23.9 Å². The fourth-order valence-corrected chi connectivity index (χ4v) is 2.89. The predicted octanol–water partition coefficient (Wildman–Crippen LogP) is 3.93.